The van der Waals surface area contributed by atoms with Crippen molar-refractivity contribution in [3.8, 4) is 11.5 Å². The molecule has 2 rings (SSSR count). The first-order chi connectivity index (χ1) is 13.4. The van der Waals surface area contributed by atoms with Crippen LogP contribution in [0.4, 0.5) is 10.1 Å². The molecule has 2 aromatic rings. The van der Waals surface area contributed by atoms with Crippen molar-refractivity contribution in [2.24, 2.45) is 0 Å². The highest BCUT2D eigenvalue weighted by atomic mass is 35.5. The van der Waals surface area contributed by atoms with Gasteiger partial charge in [0.2, 0.25) is 5.91 Å². The number of carbonyl (C=O) groups excluding carboxylic acids is 2. The molecular weight excluding hydrogens is 409 g/mol. The highest BCUT2D eigenvalue weighted by molar-refractivity contribution is 7.99. The zero-order chi connectivity index (χ0) is 20.7. The number of amides is 1. The summed E-state index contributed by atoms with van der Waals surface area (Å²) < 4.78 is 28.9. The van der Waals surface area contributed by atoms with Gasteiger partial charge in [-0.15, -0.1) is 11.8 Å². The lowest BCUT2D eigenvalue weighted by Gasteiger charge is -2.14. The second kappa shape index (κ2) is 10.2. The summed E-state index contributed by atoms with van der Waals surface area (Å²) in [7, 11) is 4.11. The normalized spacial score (nSPS) is 10.3. The third-order valence-electron chi connectivity index (χ3n) is 3.74. The maximum Gasteiger partial charge on any atom is 0.340 e. The number of anilines is 1. The van der Waals surface area contributed by atoms with Gasteiger partial charge < -0.3 is 19.5 Å². The Morgan fingerprint density at radius 2 is 1.82 bits per heavy atom. The highest BCUT2D eigenvalue weighted by Gasteiger charge is 2.19. The van der Waals surface area contributed by atoms with E-state index >= 15 is 0 Å². The van der Waals surface area contributed by atoms with E-state index in [0.717, 1.165) is 0 Å². The summed E-state index contributed by atoms with van der Waals surface area (Å²) >= 11 is 7.17. The number of halogens is 2. The molecule has 0 aliphatic heterocycles. The largest absolute Gasteiger partial charge is 0.493 e. The Hall–Kier alpha value is -2.45. The van der Waals surface area contributed by atoms with Crippen LogP contribution in [-0.4, -0.2) is 39.0 Å². The maximum absolute atomic E-state index is 13.8. The van der Waals surface area contributed by atoms with Crippen molar-refractivity contribution in [2.75, 3.05) is 32.4 Å². The van der Waals surface area contributed by atoms with Gasteiger partial charge in [0.1, 0.15) is 5.82 Å². The Morgan fingerprint density at radius 1 is 1.14 bits per heavy atom. The monoisotopic (exact) mass is 427 g/mol. The molecule has 1 N–H and O–H groups in total. The van der Waals surface area contributed by atoms with Gasteiger partial charge in [0, 0.05) is 28.5 Å². The van der Waals surface area contributed by atoms with Crippen LogP contribution in [0, 0.1) is 5.82 Å². The molecule has 0 atom stereocenters. The number of rotatable bonds is 8. The van der Waals surface area contributed by atoms with Crippen LogP contribution in [-0.2, 0) is 15.3 Å². The lowest BCUT2D eigenvalue weighted by molar-refractivity contribution is -0.113. The van der Waals surface area contributed by atoms with Crippen molar-refractivity contribution in [2.45, 2.75) is 5.75 Å². The number of thioether (sulfide) groups is 1. The molecule has 150 valence electrons. The number of hydrogen-bond donors (Lipinski definition) is 1. The second-order valence-electron chi connectivity index (χ2n) is 5.49. The van der Waals surface area contributed by atoms with Gasteiger partial charge in [-0.2, -0.15) is 0 Å². The van der Waals surface area contributed by atoms with Crippen molar-refractivity contribution < 1.29 is 28.2 Å². The van der Waals surface area contributed by atoms with Gasteiger partial charge in [-0.05, 0) is 12.1 Å². The van der Waals surface area contributed by atoms with Crippen LogP contribution in [0.2, 0.25) is 5.02 Å². The molecule has 0 heterocycles. The Balaban J connectivity index is 2.11. The smallest absolute Gasteiger partial charge is 0.340 e. The molecule has 0 bridgehead atoms. The molecule has 0 aliphatic carbocycles. The number of esters is 1. The van der Waals surface area contributed by atoms with Crippen LogP contribution in [0.25, 0.3) is 0 Å². The molecule has 0 aliphatic rings. The summed E-state index contributed by atoms with van der Waals surface area (Å²) in [6.07, 6.45) is 0. The summed E-state index contributed by atoms with van der Waals surface area (Å²) in [5.41, 5.74) is 0.679. The van der Waals surface area contributed by atoms with Gasteiger partial charge in [0.15, 0.2) is 11.5 Å². The molecule has 28 heavy (non-hydrogen) atoms. The predicted molar refractivity (Wildman–Crippen MR) is 107 cm³/mol. The Kier molecular flexibility index (Phi) is 7.95. The molecule has 0 spiro atoms. The first kappa shape index (κ1) is 21.8. The highest BCUT2D eigenvalue weighted by Crippen LogP contribution is 2.34. The fraction of sp³-hybridized carbons (Fsp3) is 0.263. The molecule has 9 heteroatoms. The van der Waals surface area contributed by atoms with Crippen LogP contribution >= 0.6 is 23.4 Å². The van der Waals surface area contributed by atoms with Crippen LogP contribution < -0.4 is 14.8 Å². The molecule has 0 fully saturated rings. The van der Waals surface area contributed by atoms with Crippen LogP contribution in [0.1, 0.15) is 15.9 Å². The summed E-state index contributed by atoms with van der Waals surface area (Å²) in [5.74, 6) is -0.514. The molecule has 0 radical (unpaired) electrons. The lowest BCUT2D eigenvalue weighted by Crippen LogP contribution is -2.17. The van der Waals surface area contributed by atoms with Crippen molar-refractivity contribution in [3.63, 3.8) is 0 Å². The molecular formula is C19H19ClFNO5S. The number of hydrogen-bond acceptors (Lipinski definition) is 6. The SMILES string of the molecule is COC(=O)c1cc(OC)c(OC)cc1NC(=O)CSCc1c(F)cccc1Cl. The quantitative estimate of drug-likeness (QED) is 0.638. The first-order valence-electron chi connectivity index (χ1n) is 8.06. The molecule has 0 saturated heterocycles. The fourth-order valence-corrected chi connectivity index (χ4v) is 3.53. The standard InChI is InChI=1S/C19H19ClFNO5S/c1-25-16-7-11(19(24)27-3)15(8-17(16)26-2)22-18(23)10-28-9-12-13(20)5-4-6-14(12)21/h4-8H,9-10H2,1-3H3,(H,22,23). The minimum Gasteiger partial charge on any atom is -0.493 e. The Bertz CT molecular complexity index is 857. The third kappa shape index (κ3) is 5.30. The molecule has 0 unspecified atom stereocenters. The van der Waals surface area contributed by atoms with Crippen LogP contribution in [0.3, 0.4) is 0 Å². The zero-order valence-electron chi connectivity index (χ0n) is 15.5. The first-order valence-corrected chi connectivity index (χ1v) is 9.59. The van der Waals surface area contributed by atoms with Crippen LogP contribution in [0.5, 0.6) is 11.5 Å². The van der Waals surface area contributed by atoms with Gasteiger partial charge in [-0.1, -0.05) is 17.7 Å². The van der Waals surface area contributed by atoms with Gasteiger partial charge in [0.25, 0.3) is 0 Å². The number of nitrogens with one attached hydrogen (secondary N) is 1. The number of benzene rings is 2. The van der Waals surface area contributed by atoms with E-state index in [1.807, 2.05) is 0 Å². The molecule has 6 nitrogen and oxygen atoms in total. The maximum atomic E-state index is 13.8. The van der Waals surface area contributed by atoms with Crippen molar-refractivity contribution in [3.05, 3.63) is 52.3 Å². The van der Waals surface area contributed by atoms with E-state index < -0.39 is 11.8 Å². The van der Waals surface area contributed by atoms with Gasteiger partial charge >= 0.3 is 5.97 Å². The summed E-state index contributed by atoms with van der Waals surface area (Å²) in [4.78, 5) is 24.3. The van der Waals surface area contributed by atoms with Crippen molar-refractivity contribution >= 4 is 40.9 Å². The molecule has 0 aromatic heterocycles. The van der Waals surface area contributed by atoms with Crippen molar-refractivity contribution in [1.29, 1.82) is 0 Å². The van der Waals surface area contributed by atoms with E-state index in [-0.39, 0.29) is 28.7 Å². The van der Waals surface area contributed by atoms with E-state index in [1.54, 1.807) is 6.07 Å². The zero-order valence-corrected chi connectivity index (χ0v) is 17.1. The summed E-state index contributed by atoms with van der Waals surface area (Å²) in [6.45, 7) is 0. The number of carbonyl (C=O) groups is 2. The average molecular weight is 428 g/mol. The van der Waals surface area contributed by atoms with Crippen molar-refractivity contribution in [1.82, 2.24) is 0 Å². The lowest BCUT2D eigenvalue weighted by atomic mass is 10.1. The van der Waals surface area contributed by atoms with Gasteiger partial charge in [0.05, 0.1) is 38.3 Å². The predicted octanol–water partition coefficient (Wildman–Crippen LogP) is 4.15. The van der Waals surface area contributed by atoms with Crippen LogP contribution in [0.15, 0.2) is 30.3 Å². The Labute approximate surface area is 171 Å². The Morgan fingerprint density at radius 3 is 2.43 bits per heavy atom. The minimum atomic E-state index is -0.637. The molecule has 0 saturated carbocycles. The van der Waals surface area contributed by atoms with Gasteiger partial charge in [-0.3, -0.25) is 4.79 Å². The molecule has 1 amide bonds. The topological polar surface area (TPSA) is 73.9 Å². The average Bonchev–Trinajstić information content (AvgIpc) is 2.69. The van der Waals surface area contributed by atoms with E-state index in [0.29, 0.717) is 22.1 Å². The second-order valence-corrected chi connectivity index (χ2v) is 6.88. The minimum absolute atomic E-state index is 0.0274. The molecule has 2 aromatic carbocycles. The van der Waals surface area contributed by atoms with E-state index in [2.05, 4.69) is 5.32 Å². The van der Waals surface area contributed by atoms with E-state index in [9.17, 15) is 14.0 Å². The number of ether oxygens (including phenoxy) is 3. The summed E-state index contributed by atoms with van der Waals surface area (Å²) in [6, 6.07) is 7.32. The number of methoxy groups -OCH3 is 3. The van der Waals surface area contributed by atoms with E-state index in [1.165, 1.54) is 57.4 Å². The third-order valence-corrected chi connectivity index (χ3v) is 5.06. The van der Waals surface area contributed by atoms with E-state index in [4.69, 9.17) is 25.8 Å². The summed E-state index contributed by atoms with van der Waals surface area (Å²) in [5, 5.41) is 2.95. The fourth-order valence-electron chi connectivity index (χ4n) is 2.36. The van der Waals surface area contributed by atoms with Gasteiger partial charge in [-0.25, -0.2) is 9.18 Å².